The van der Waals surface area contributed by atoms with Gasteiger partial charge in [0.1, 0.15) is 23.9 Å². The van der Waals surface area contributed by atoms with Crippen molar-refractivity contribution in [3.63, 3.8) is 0 Å². The molecular formula is C45H48N8O4. The van der Waals surface area contributed by atoms with E-state index in [-0.39, 0.29) is 29.8 Å². The lowest BCUT2D eigenvalue weighted by molar-refractivity contribution is -0.140. The molecule has 8 rings (SSSR count). The lowest BCUT2D eigenvalue weighted by Gasteiger charge is -2.31. The fourth-order valence-corrected chi connectivity index (χ4v) is 8.33. The fourth-order valence-electron chi connectivity index (χ4n) is 8.33. The molecule has 2 aliphatic rings. The summed E-state index contributed by atoms with van der Waals surface area (Å²) < 4.78 is 6.23. The highest BCUT2D eigenvalue weighted by atomic mass is 16.4. The van der Waals surface area contributed by atoms with Crippen LogP contribution in [0.4, 0.5) is 5.69 Å². The number of rotatable bonds is 11. The van der Waals surface area contributed by atoms with Crippen molar-refractivity contribution >= 4 is 34.4 Å². The molecule has 0 bridgehead atoms. The van der Waals surface area contributed by atoms with E-state index < -0.39 is 12.1 Å². The molecule has 2 fully saturated rings. The summed E-state index contributed by atoms with van der Waals surface area (Å²) in [4.78, 5) is 61.8. The molecule has 0 spiro atoms. The lowest BCUT2D eigenvalue weighted by Crippen LogP contribution is -2.47. The van der Waals surface area contributed by atoms with Gasteiger partial charge in [0.25, 0.3) is 0 Å². The molecule has 2 aliphatic heterocycles. The van der Waals surface area contributed by atoms with Crippen LogP contribution in [0.3, 0.4) is 0 Å². The van der Waals surface area contributed by atoms with E-state index in [4.69, 9.17) is 9.40 Å². The number of oxazole rings is 1. The number of likely N-dealkylation sites (tertiary alicyclic amines) is 2. The van der Waals surface area contributed by atoms with E-state index in [1.54, 1.807) is 11.1 Å². The number of anilines is 1. The summed E-state index contributed by atoms with van der Waals surface area (Å²) >= 11 is 0. The molecule has 12 heteroatoms. The van der Waals surface area contributed by atoms with Gasteiger partial charge in [0.2, 0.25) is 23.6 Å². The maximum atomic E-state index is 14.0. The zero-order valence-corrected chi connectivity index (χ0v) is 32.8. The van der Waals surface area contributed by atoms with Crippen LogP contribution in [0.15, 0.2) is 114 Å². The third kappa shape index (κ3) is 7.70. The third-order valence-electron chi connectivity index (χ3n) is 11.1. The zero-order valence-electron chi connectivity index (χ0n) is 32.8. The highest BCUT2D eigenvalue weighted by Gasteiger charge is 2.39. The van der Waals surface area contributed by atoms with E-state index in [9.17, 15) is 14.4 Å². The summed E-state index contributed by atoms with van der Waals surface area (Å²) in [6.07, 6.45) is 4.83. The van der Waals surface area contributed by atoms with Crippen molar-refractivity contribution < 1.29 is 18.8 Å². The van der Waals surface area contributed by atoms with E-state index in [1.807, 2.05) is 146 Å². The number of aromatic amines is 1. The van der Waals surface area contributed by atoms with Crippen LogP contribution in [0.2, 0.25) is 0 Å². The Morgan fingerprint density at radius 1 is 0.754 bits per heavy atom. The van der Waals surface area contributed by atoms with Gasteiger partial charge in [0, 0.05) is 29.9 Å². The van der Waals surface area contributed by atoms with Crippen molar-refractivity contribution in [1.29, 1.82) is 0 Å². The Labute approximate surface area is 332 Å². The van der Waals surface area contributed by atoms with Crippen LogP contribution in [-0.2, 0) is 14.4 Å². The molecule has 57 heavy (non-hydrogen) atoms. The Hall–Kier alpha value is -6.11. The first kappa shape index (κ1) is 37.8. The van der Waals surface area contributed by atoms with Gasteiger partial charge < -0.3 is 24.5 Å². The largest absolute Gasteiger partial charge is 0.436 e. The minimum Gasteiger partial charge on any atom is -0.436 e. The van der Waals surface area contributed by atoms with Crippen LogP contribution in [0.5, 0.6) is 0 Å². The van der Waals surface area contributed by atoms with Crippen molar-refractivity contribution in [3.8, 4) is 22.8 Å². The predicted octanol–water partition coefficient (Wildman–Crippen LogP) is 7.08. The summed E-state index contributed by atoms with van der Waals surface area (Å²) in [6.45, 7) is 1.23. The summed E-state index contributed by atoms with van der Waals surface area (Å²) in [5.74, 6) is 1.63. The summed E-state index contributed by atoms with van der Waals surface area (Å²) in [5, 5.41) is 3.02. The van der Waals surface area contributed by atoms with Gasteiger partial charge in [-0.3, -0.25) is 24.2 Å². The number of likely N-dealkylation sites (N-methyl/N-ethyl adjacent to an activating group) is 2. The third-order valence-corrected chi connectivity index (χ3v) is 11.1. The summed E-state index contributed by atoms with van der Waals surface area (Å²) in [7, 11) is 7.65. The van der Waals surface area contributed by atoms with Crippen molar-refractivity contribution in [3.05, 3.63) is 126 Å². The Bertz CT molecular complexity index is 2360. The highest BCUT2D eigenvalue weighted by Crippen LogP contribution is 2.36. The van der Waals surface area contributed by atoms with Crippen molar-refractivity contribution in [2.45, 2.75) is 49.9 Å². The van der Waals surface area contributed by atoms with Gasteiger partial charge >= 0.3 is 0 Å². The number of hydrogen-bond donors (Lipinski definition) is 2. The number of fused-ring (bicyclic) bond motifs is 1. The van der Waals surface area contributed by atoms with E-state index >= 15 is 0 Å². The monoisotopic (exact) mass is 764 g/mol. The first-order valence-corrected chi connectivity index (χ1v) is 19.6. The van der Waals surface area contributed by atoms with Crippen LogP contribution in [-0.4, -0.2) is 99.6 Å². The van der Waals surface area contributed by atoms with Crippen molar-refractivity contribution in [1.82, 2.24) is 34.6 Å². The number of aromatic nitrogens is 3. The van der Waals surface area contributed by atoms with E-state index in [0.717, 1.165) is 58.4 Å². The van der Waals surface area contributed by atoms with E-state index in [1.165, 1.54) is 0 Å². The molecule has 4 aromatic carbocycles. The molecule has 2 saturated heterocycles. The summed E-state index contributed by atoms with van der Waals surface area (Å²) in [6, 6.07) is 31.3. The minimum atomic E-state index is -0.546. The number of carbonyl (C=O) groups excluding carboxylic acids is 3. The van der Waals surface area contributed by atoms with Crippen LogP contribution in [0, 0.1) is 0 Å². The average Bonchev–Trinajstić information content (AvgIpc) is 4.05. The van der Waals surface area contributed by atoms with Crippen molar-refractivity contribution in [2.75, 3.05) is 46.6 Å². The van der Waals surface area contributed by atoms with Gasteiger partial charge in [0.15, 0.2) is 5.76 Å². The molecule has 0 radical (unpaired) electrons. The van der Waals surface area contributed by atoms with Crippen LogP contribution in [0.1, 0.15) is 60.8 Å². The minimum absolute atomic E-state index is 0.0733. The van der Waals surface area contributed by atoms with Gasteiger partial charge in [-0.15, -0.1) is 0 Å². The Morgan fingerprint density at radius 3 is 2.00 bits per heavy atom. The van der Waals surface area contributed by atoms with Gasteiger partial charge in [-0.1, -0.05) is 60.7 Å². The molecule has 6 aromatic rings. The first-order chi connectivity index (χ1) is 27.7. The second-order valence-corrected chi connectivity index (χ2v) is 15.4. The quantitative estimate of drug-likeness (QED) is 0.143. The first-order valence-electron chi connectivity index (χ1n) is 19.6. The van der Waals surface area contributed by atoms with E-state index in [0.29, 0.717) is 36.8 Å². The van der Waals surface area contributed by atoms with E-state index in [2.05, 4.69) is 15.3 Å². The van der Waals surface area contributed by atoms with Crippen molar-refractivity contribution in [2.24, 2.45) is 0 Å². The molecule has 4 heterocycles. The second-order valence-electron chi connectivity index (χ2n) is 15.4. The zero-order chi connectivity index (χ0) is 39.6. The van der Waals surface area contributed by atoms with Gasteiger partial charge in [-0.25, -0.2) is 9.97 Å². The topological polar surface area (TPSA) is 131 Å². The van der Waals surface area contributed by atoms with Gasteiger partial charge in [-0.05, 0) is 107 Å². The normalized spacial score (nSPS) is 18.1. The Balaban J connectivity index is 0.933. The SMILES string of the molecule is CN(C)[C@@H](C(=O)N1CCCC1C(=O)Nc1ccc(-c2ncc(-c3ccc4nc([C@@H]5CCCN5C(=O)[C@@H](c5ccccc5)N(C)C)[nH]c4c3)o2)cc1)c1ccccc1. The highest BCUT2D eigenvalue weighted by molar-refractivity contribution is 5.98. The second kappa shape index (κ2) is 16.2. The number of amides is 3. The lowest BCUT2D eigenvalue weighted by atomic mass is 10.0. The summed E-state index contributed by atoms with van der Waals surface area (Å²) in [5.41, 5.74) is 5.77. The molecule has 0 saturated carbocycles. The van der Waals surface area contributed by atoms with Crippen LogP contribution < -0.4 is 5.32 Å². The number of H-pyrrole nitrogens is 1. The smallest absolute Gasteiger partial charge is 0.247 e. The molecule has 1 unspecified atom stereocenters. The molecule has 2 N–H and O–H groups in total. The maximum Gasteiger partial charge on any atom is 0.247 e. The number of nitrogens with zero attached hydrogens (tertiary/aromatic N) is 6. The fraction of sp³-hybridized carbons (Fsp3) is 0.311. The maximum absolute atomic E-state index is 14.0. The predicted molar refractivity (Wildman–Crippen MR) is 220 cm³/mol. The molecule has 292 valence electrons. The number of benzene rings is 4. The molecular weight excluding hydrogens is 717 g/mol. The average molecular weight is 765 g/mol. The standard InChI is InChI=1S/C45H48N8O4/c1-50(2)39(29-13-7-5-8-14-29)44(55)52-25-11-17-36(52)41-48-34-24-21-32(27-35(34)49-41)38-28-46-43(57-38)31-19-22-33(23-20-31)47-42(54)37-18-12-26-53(37)45(56)40(51(3)4)30-15-9-6-10-16-30/h5-10,13-16,19-24,27-28,36-37,39-40H,11-12,17-18,25-26H2,1-4H3,(H,47,54)(H,48,49)/t36-,37?,39+,40+/m0/s1. The molecule has 2 aromatic heterocycles. The Kier molecular flexibility index (Phi) is 10.7. The van der Waals surface area contributed by atoms with Gasteiger partial charge in [0.05, 0.1) is 23.3 Å². The molecule has 3 amide bonds. The molecule has 0 aliphatic carbocycles. The Morgan fingerprint density at radius 2 is 1.35 bits per heavy atom. The number of nitrogens with one attached hydrogen (secondary N) is 2. The number of hydrogen-bond acceptors (Lipinski definition) is 8. The molecule has 12 nitrogen and oxygen atoms in total. The number of imidazole rings is 1. The number of carbonyl (C=O) groups is 3. The van der Waals surface area contributed by atoms with Crippen LogP contribution >= 0.6 is 0 Å². The van der Waals surface area contributed by atoms with Crippen LogP contribution in [0.25, 0.3) is 33.8 Å². The van der Waals surface area contributed by atoms with Gasteiger partial charge in [-0.2, -0.15) is 0 Å². The molecule has 4 atom stereocenters.